The molecular weight excluding hydrogens is 324 g/mol. The van der Waals surface area contributed by atoms with Crippen LogP contribution in [0.1, 0.15) is 29.6 Å². The molecule has 1 unspecified atom stereocenters. The van der Waals surface area contributed by atoms with Crippen LogP contribution < -0.4 is 5.32 Å². The molecule has 1 aromatic heterocycles. The Hall–Kier alpha value is -1.85. The summed E-state index contributed by atoms with van der Waals surface area (Å²) in [5.74, 6) is 0.515. The van der Waals surface area contributed by atoms with Crippen molar-refractivity contribution in [2.24, 2.45) is 5.92 Å². The van der Waals surface area contributed by atoms with Crippen LogP contribution in [0.5, 0.6) is 0 Å². The number of rotatable bonds is 5. The van der Waals surface area contributed by atoms with E-state index in [9.17, 15) is 4.79 Å². The Morgan fingerprint density at radius 2 is 2.04 bits per heavy atom. The van der Waals surface area contributed by atoms with Gasteiger partial charge in [0.1, 0.15) is 0 Å². The molecule has 2 heterocycles. The van der Waals surface area contributed by atoms with E-state index in [1.165, 1.54) is 25.8 Å². The zero-order chi connectivity index (χ0) is 16.5. The van der Waals surface area contributed by atoms with Crippen molar-refractivity contribution in [1.82, 2.24) is 20.0 Å². The van der Waals surface area contributed by atoms with Gasteiger partial charge < -0.3 is 10.2 Å². The molecular formula is C18H21ClN4O. The predicted octanol–water partition coefficient (Wildman–Crippen LogP) is 2.74. The minimum absolute atomic E-state index is 0.0555. The third-order valence-electron chi connectivity index (χ3n) is 4.87. The van der Waals surface area contributed by atoms with E-state index < -0.39 is 0 Å². The molecule has 0 spiro atoms. The zero-order valence-corrected chi connectivity index (χ0v) is 14.2. The number of halogens is 1. The summed E-state index contributed by atoms with van der Waals surface area (Å²) < 4.78 is 1.69. The second-order valence-corrected chi connectivity index (χ2v) is 7.18. The summed E-state index contributed by atoms with van der Waals surface area (Å²) in [7, 11) is 0. The van der Waals surface area contributed by atoms with Crippen LogP contribution in [0.3, 0.4) is 0 Å². The normalized spacial score (nSPS) is 21.1. The molecule has 0 bridgehead atoms. The van der Waals surface area contributed by atoms with E-state index in [0.29, 0.717) is 16.5 Å². The van der Waals surface area contributed by atoms with Gasteiger partial charge in [0, 0.05) is 30.4 Å². The average molecular weight is 345 g/mol. The van der Waals surface area contributed by atoms with Crippen molar-refractivity contribution in [1.29, 1.82) is 0 Å². The smallest absolute Gasteiger partial charge is 0.254 e. The topological polar surface area (TPSA) is 50.2 Å². The second kappa shape index (κ2) is 6.57. The van der Waals surface area contributed by atoms with Crippen molar-refractivity contribution in [2.45, 2.75) is 25.3 Å². The van der Waals surface area contributed by atoms with Crippen LogP contribution in [0.2, 0.25) is 5.02 Å². The Labute approximate surface area is 146 Å². The van der Waals surface area contributed by atoms with E-state index in [4.69, 9.17) is 11.6 Å². The monoisotopic (exact) mass is 344 g/mol. The van der Waals surface area contributed by atoms with Crippen LogP contribution in [0.15, 0.2) is 36.7 Å². The molecule has 2 fully saturated rings. The standard InChI is InChI=1S/C18H21ClN4O/c19-15-1-3-17(4-2-15)23-12-14(10-21-23)18(24)20-9-13-7-8-22(11-13)16-5-6-16/h1-4,10,12-13,16H,5-9,11H2,(H,20,24). The number of likely N-dealkylation sites (tertiary alicyclic amines) is 1. The number of amides is 1. The summed E-state index contributed by atoms with van der Waals surface area (Å²) in [6, 6.07) is 8.20. The Morgan fingerprint density at radius 3 is 2.79 bits per heavy atom. The van der Waals surface area contributed by atoms with Gasteiger partial charge in [0.05, 0.1) is 17.4 Å². The average Bonchev–Trinajstić information content (AvgIpc) is 3.13. The van der Waals surface area contributed by atoms with E-state index >= 15 is 0 Å². The molecule has 2 aromatic rings. The fraction of sp³-hybridized carbons (Fsp3) is 0.444. The molecule has 1 aliphatic heterocycles. The number of carbonyl (C=O) groups excluding carboxylic acids is 1. The van der Waals surface area contributed by atoms with E-state index in [1.54, 1.807) is 17.1 Å². The summed E-state index contributed by atoms with van der Waals surface area (Å²) in [5, 5.41) is 8.00. The number of aromatic nitrogens is 2. The molecule has 1 amide bonds. The van der Waals surface area contributed by atoms with Gasteiger partial charge in [-0.1, -0.05) is 11.6 Å². The number of benzene rings is 1. The number of hydrogen-bond donors (Lipinski definition) is 1. The molecule has 1 atom stereocenters. The van der Waals surface area contributed by atoms with E-state index in [-0.39, 0.29) is 5.91 Å². The van der Waals surface area contributed by atoms with Gasteiger partial charge in [0.15, 0.2) is 0 Å². The Morgan fingerprint density at radius 1 is 1.25 bits per heavy atom. The molecule has 4 rings (SSSR count). The molecule has 5 nitrogen and oxygen atoms in total. The van der Waals surface area contributed by atoms with Gasteiger partial charge in [-0.3, -0.25) is 4.79 Å². The summed E-state index contributed by atoms with van der Waals surface area (Å²) in [4.78, 5) is 14.9. The lowest BCUT2D eigenvalue weighted by Gasteiger charge is -2.14. The highest BCUT2D eigenvalue weighted by Crippen LogP contribution is 2.31. The molecule has 1 N–H and O–H groups in total. The Balaban J connectivity index is 1.32. The van der Waals surface area contributed by atoms with Crippen molar-refractivity contribution in [3.8, 4) is 5.69 Å². The molecule has 126 valence electrons. The molecule has 1 aliphatic carbocycles. The van der Waals surface area contributed by atoms with E-state index in [2.05, 4.69) is 15.3 Å². The van der Waals surface area contributed by atoms with Gasteiger partial charge in [-0.05, 0) is 56.0 Å². The first-order chi connectivity index (χ1) is 11.7. The van der Waals surface area contributed by atoms with E-state index in [0.717, 1.165) is 24.8 Å². The van der Waals surface area contributed by atoms with Gasteiger partial charge >= 0.3 is 0 Å². The SMILES string of the molecule is O=C(NCC1CCN(C2CC2)C1)c1cnn(-c2ccc(Cl)cc2)c1. The lowest BCUT2D eigenvalue weighted by atomic mass is 10.1. The summed E-state index contributed by atoms with van der Waals surface area (Å²) in [6.45, 7) is 3.04. The van der Waals surface area contributed by atoms with Crippen molar-refractivity contribution in [3.63, 3.8) is 0 Å². The van der Waals surface area contributed by atoms with Crippen molar-refractivity contribution in [2.75, 3.05) is 19.6 Å². The number of hydrogen-bond acceptors (Lipinski definition) is 3. The number of nitrogens with zero attached hydrogens (tertiary/aromatic N) is 3. The van der Waals surface area contributed by atoms with Gasteiger partial charge in [-0.2, -0.15) is 5.10 Å². The predicted molar refractivity (Wildman–Crippen MR) is 93.6 cm³/mol. The van der Waals surface area contributed by atoms with Crippen LogP contribution >= 0.6 is 11.6 Å². The van der Waals surface area contributed by atoms with Crippen LogP contribution in [-0.2, 0) is 0 Å². The third kappa shape index (κ3) is 3.47. The maximum absolute atomic E-state index is 12.3. The summed E-state index contributed by atoms with van der Waals surface area (Å²) >= 11 is 5.89. The van der Waals surface area contributed by atoms with Gasteiger partial charge in [-0.25, -0.2) is 4.68 Å². The van der Waals surface area contributed by atoms with Crippen LogP contribution in [0, 0.1) is 5.92 Å². The van der Waals surface area contributed by atoms with E-state index in [1.807, 2.05) is 24.3 Å². The molecule has 6 heteroatoms. The lowest BCUT2D eigenvalue weighted by molar-refractivity contribution is 0.0947. The van der Waals surface area contributed by atoms with Crippen molar-refractivity contribution < 1.29 is 4.79 Å². The third-order valence-corrected chi connectivity index (χ3v) is 5.12. The molecule has 2 aliphatic rings. The van der Waals surface area contributed by atoms with Crippen molar-refractivity contribution >= 4 is 17.5 Å². The lowest BCUT2D eigenvalue weighted by Crippen LogP contribution is -2.31. The largest absolute Gasteiger partial charge is 0.352 e. The first kappa shape index (κ1) is 15.7. The van der Waals surface area contributed by atoms with Crippen LogP contribution in [0.25, 0.3) is 5.69 Å². The maximum Gasteiger partial charge on any atom is 0.254 e. The number of carbonyl (C=O) groups is 1. The summed E-state index contributed by atoms with van der Waals surface area (Å²) in [6.07, 6.45) is 7.24. The Kier molecular flexibility index (Phi) is 4.29. The molecule has 1 aromatic carbocycles. The van der Waals surface area contributed by atoms with Gasteiger partial charge in [-0.15, -0.1) is 0 Å². The van der Waals surface area contributed by atoms with Gasteiger partial charge in [0.2, 0.25) is 0 Å². The first-order valence-corrected chi connectivity index (χ1v) is 8.90. The molecule has 0 radical (unpaired) electrons. The van der Waals surface area contributed by atoms with Crippen molar-refractivity contribution in [3.05, 3.63) is 47.2 Å². The molecule has 1 saturated carbocycles. The van der Waals surface area contributed by atoms with Gasteiger partial charge in [0.25, 0.3) is 5.91 Å². The highest BCUT2D eigenvalue weighted by Gasteiger charge is 2.34. The quantitative estimate of drug-likeness (QED) is 0.907. The fourth-order valence-electron chi connectivity index (χ4n) is 3.31. The zero-order valence-electron chi connectivity index (χ0n) is 13.5. The Bertz CT molecular complexity index is 723. The second-order valence-electron chi connectivity index (χ2n) is 6.74. The first-order valence-electron chi connectivity index (χ1n) is 8.52. The van der Waals surface area contributed by atoms with Crippen LogP contribution in [-0.4, -0.2) is 46.3 Å². The number of nitrogens with one attached hydrogen (secondary N) is 1. The highest BCUT2D eigenvalue weighted by molar-refractivity contribution is 6.30. The molecule has 24 heavy (non-hydrogen) atoms. The fourth-order valence-corrected chi connectivity index (χ4v) is 3.44. The molecule has 1 saturated heterocycles. The summed E-state index contributed by atoms with van der Waals surface area (Å²) in [5.41, 5.74) is 1.47. The minimum Gasteiger partial charge on any atom is -0.352 e. The maximum atomic E-state index is 12.3. The highest BCUT2D eigenvalue weighted by atomic mass is 35.5. The van der Waals surface area contributed by atoms with Crippen LogP contribution in [0.4, 0.5) is 0 Å². The minimum atomic E-state index is -0.0555.